The van der Waals surface area contributed by atoms with Crippen molar-refractivity contribution in [2.24, 2.45) is 0 Å². The van der Waals surface area contributed by atoms with Gasteiger partial charge in [-0.2, -0.15) is 0 Å². The molecule has 0 radical (unpaired) electrons. The molecule has 0 bridgehead atoms. The minimum absolute atomic E-state index is 0.447. The Morgan fingerprint density at radius 3 is 2.32 bits per heavy atom. The lowest BCUT2D eigenvalue weighted by atomic mass is 10.1. The Morgan fingerprint density at radius 1 is 1.04 bits per heavy atom. The molecule has 1 aromatic carbocycles. The Morgan fingerprint density at radius 2 is 1.68 bits per heavy atom. The van der Waals surface area contributed by atoms with E-state index < -0.39 is 38.4 Å². The summed E-state index contributed by atoms with van der Waals surface area (Å²) in [6.45, 7) is 1.02. The Balaban J connectivity index is 1.68. The zero-order chi connectivity index (χ0) is 18.0. The Bertz CT molecular complexity index is 857. The molecule has 1 aromatic heterocycles. The molecule has 0 aliphatic carbocycles. The highest BCUT2D eigenvalue weighted by Crippen LogP contribution is 2.22. The van der Waals surface area contributed by atoms with Crippen LogP contribution in [0.1, 0.15) is 12.8 Å². The molecule has 0 unspecified atom stereocenters. The maximum atomic E-state index is 13.7. The summed E-state index contributed by atoms with van der Waals surface area (Å²) >= 11 is 0. The molecule has 0 atom stereocenters. The summed E-state index contributed by atoms with van der Waals surface area (Å²) in [4.78, 5) is 9.26. The number of aromatic nitrogens is 2. The highest BCUT2D eigenvalue weighted by Gasteiger charge is 2.29. The fourth-order valence-electron chi connectivity index (χ4n) is 2.65. The molecule has 6 nitrogen and oxygen atoms in total. The number of rotatable bonds is 4. The van der Waals surface area contributed by atoms with Gasteiger partial charge in [-0.3, -0.25) is 0 Å². The lowest BCUT2D eigenvalue weighted by Gasteiger charge is -2.32. The summed E-state index contributed by atoms with van der Waals surface area (Å²) in [5, 5.41) is 0. The van der Waals surface area contributed by atoms with Gasteiger partial charge in [0.25, 0.3) is 0 Å². The second-order valence-corrected chi connectivity index (χ2v) is 7.29. The van der Waals surface area contributed by atoms with Crippen LogP contribution in [-0.2, 0) is 10.0 Å². The Kier molecular flexibility index (Phi) is 4.91. The maximum Gasteiger partial charge on any atom is 0.243 e. The largest absolute Gasteiger partial charge is 0.341 e. The summed E-state index contributed by atoms with van der Waals surface area (Å²) in [6, 6.07) is 2.55. The monoisotopic (exact) mass is 372 g/mol. The molecule has 0 amide bonds. The van der Waals surface area contributed by atoms with Crippen molar-refractivity contribution in [1.82, 2.24) is 14.7 Å². The fraction of sp³-hybridized carbons (Fsp3) is 0.333. The van der Waals surface area contributed by atoms with Gasteiger partial charge in [-0.1, -0.05) is 0 Å². The van der Waals surface area contributed by atoms with Crippen molar-refractivity contribution in [3.63, 3.8) is 0 Å². The summed E-state index contributed by atoms with van der Waals surface area (Å²) in [6.07, 6.45) is 4.12. The summed E-state index contributed by atoms with van der Waals surface area (Å²) < 4.78 is 66.8. The predicted octanol–water partition coefficient (Wildman–Crippen LogP) is 1.84. The Labute approximate surface area is 142 Å². The van der Waals surface area contributed by atoms with Crippen LogP contribution in [0.4, 0.5) is 19.1 Å². The first-order valence-corrected chi connectivity index (χ1v) is 9.04. The van der Waals surface area contributed by atoms with Gasteiger partial charge in [0.15, 0.2) is 17.5 Å². The third-order valence-electron chi connectivity index (χ3n) is 3.94. The first-order valence-electron chi connectivity index (χ1n) is 7.56. The smallest absolute Gasteiger partial charge is 0.243 e. The second-order valence-electron chi connectivity index (χ2n) is 5.60. The van der Waals surface area contributed by atoms with Crippen LogP contribution in [-0.4, -0.2) is 37.5 Å². The van der Waals surface area contributed by atoms with Gasteiger partial charge in [0.05, 0.1) is 0 Å². The van der Waals surface area contributed by atoms with Gasteiger partial charge in [-0.15, -0.1) is 0 Å². The van der Waals surface area contributed by atoms with Crippen LogP contribution in [0.25, 0.3) is 0 Å². The molecule has 134 valence electrons. The van der Waals surface area contributed by atoms with E-state index >= 15 is 0 Å². The van der Waals surface area contributed by atoms with Gasteiger partial charge in [0.2, 0.25) is 16.0 Å². The predicted molar refractivity (Wildman–Crippen MR) is 83.9 cm³/mol. The highest BCUT2D eigenvalue weighted by atomic mass is 32.2. The van der Waals surface area contributed by atoms with Gasteiger partial charge < -0.3 is 4.90 Å². The van der Waals surface area contributed by atoms with E-state index in [1.165, 1.54) is 0 Å². The Hall–Kier alpha value is -2.20. The van der Waals surface area contributed by atoms with Crippen LogP contribution in [0.5, 0.6) is 0 Å². The number of nitrogens with one attached hydrogen (secondary N) is 1. The standard InChI is InChI=1S/C15H15F3N4O2S/c16-11-2-3-12(14(18)13(11)17)25(23,24)21-10-4-8-22(9-5-10)15-19-6-1-7-20-15/h1-3,6-7,10,21H,4-5,8-9H2. The number of sulfonamides is 1. The van der Waals surface area contributed by atoms with Gasteiger partial charge in [0, 0.05) is 31.5 Å². The van der Waals surface area contributed by atoms with Crippen molar-refractivity contribution in [2.45, 2.75) is 23.8 Å². The molecule has 1 N–H and O–H groups in total. The number of anilines is 1. The number of piperidine rings is 1. The molecule has 0 saturated carbocycles. The molecule has 2 heterocycles. The second kappa shape index (κ2) is 6.96. The molecule has 25 heavy (non-hydrogen) atoms. The van der Waals surface area contributed by atoms with Crippen molar-refractivity contribution in [3.05, 3.63) is 48.0 Å². The van der Waals surface area contributed by atoms with Crippen molar-refractivity contribution in [2.75, 3.05) is 18.0 Å². The number of halogens is 3. The van der Waals surface area contributed by atoms with E-state index in [-0.39, 0.29) is 0 Å². The quantitative estimate of drug-likeness (QED) is 0.829. The van der Waals surface area contributed by atoms with E-state index in [2.05, 4.69) is 14.7 Å². The number of benzene rings is 1. The van der Waals surface area contributed by atoms with E-state index in [0.717, 1.165) is 0 Å². The molecule has 1 saturated heterocycles. The third-order valence-corrected chi connectivity index (χ3v) is 5.48. The van der Waals surface area contributed by atoms with Crippen LogP contribution in [0.15, 0.2) is 35.5 Å². The molecule has 1 aliphatic rings. The summed E-state index contributed by atoms with van der Waals surface area (Å²) in [7, 11) is -4.29. The summed E-state index contributed by atoms with van der Waals surface area (Å²) in [5.74, 6) is -4.41. The van der Waals surface area contributed by atoms with Gasteiger partial charge in [0.1, 0.15) is 4.90 Å². The number of nitrogens with zero attached hydrogens (tertiary/aromatic N) is 3. The van der Waals surface area contributed by atoms with Gasteiger partial charge in [-0.05, 0) is 31.0 Å². The van der Waals surface area contributed by atoms with Crippen LogP contribution in [0.2, 0.25) is 0 Å². The molecule has 0 spiro atoms. The maximum absolute atomic E-state index is 13.7. The minimum Gasteiger partial charge on any atom is -0.341 e. The SMILES string of the molecule is O=S(=O)(NC1CCN(c2ncccn2)CC1)c1ccc(F)c(F)c1F. The molecule has 1 aliphatic heterocycles. The van der Waals surface area contributed by atoms with Gasteiger partial charge >= 0.3 is 0 Å². The van der Waals surface area contributed by atoms with Crippen LogP contribution in [0.3, 0.4) is 0 Å². The number of hydrogen-bond donors (Lipinski definition) is 1. The first kappa shape index (κ1) is 17.6. The van der Waals surface area contributed by atoms with E-state index in [4.69, 9.17) is 0 Å². The lowest BCUT2D eigenvalue weighted by molar-refractivity contribution is 0.427. The molecular weight excluding hydrogens is 357 g/mol. The van der Waals surface area contributed by atoms with Crippen molar-refractivity contribution >= 4 is 16.0 Å². The fourth-order valence-corrected chi connectivity index (χ4v) is 4.02. The van der Waals surface area contributed by atoms with Crippen LogP contribution < -0.4 is 9.62 Å². The zero-order valence-corrected chi connectivity index (χ0v) is 13.8. The van der Waals surface area contributed by atoms with Gasteiger partial charge in [-0.25, -0.2) is 36.3 Å². The van der Waals surface area contributed by atoms with E-state index in [0.29, 0.717) is 44.0 Å². The molecular formula is C15H15F3N4O2S. The van der Waals surface area contributed by atoms with Crippen LogP contribution in [0, 0.1) is 17.5 Å². The first-order chi connectivity index (χ1) is 11.9. The average molecular weight is 372 g/mol. The average Bonchev–Trinajstić information content (AvgIpc) is 2.60. The van der Waals surface area contributed by atoms with Crippen molar-refractivity contribution < 1.29 is 21.6 Å². The zero-order valence-electron chi connectivity index (χ0n) is 13.0. The van der Waals surface area contributed by atoms with E-state index in [9.17, 15) is 21.6 Å². The van der Waals surface area contributed by atoms with Crippen molar-refractivity contribution in [1.29, 1.82) is 0 Å². The topological polar surface area (TPSA) is 75.2 Å². The molecule has 2 aromatic rings. The minimum atomic E-state index is -4.29. The molecule has 1 fully saturated rings. The lowest BCUT2D eigenvalue weighted by Crippen LogP contribution is -2.45. The van der Waals surface area contributed by atoms with E-state index in [1.54, 1.807) is 18.5 Å². The normalized spacial score (nSPS) is 16.2. The van der Waals surface area contributed by atoms with E-state index in [1.807, 2.05) is 4.90 Å². The van der Waals surface area contributed by atoms with Crippen LogP contribution >= 0.6 is 0 Å². The highest BCUT2D eigenvalue weighted by molar-refractivity contribution is 7.89. The van der Waals surface area contributed by atoms with Crippen molar-refractivity contribution in [3.8, 4) is 0 Å². The number of hydrogen-bond acceptors (Lipinski definition) is 5. The molecule has 10 heteroatoms. The summed E-state index contributed by atoms with van der Waals surface area (Å²) in [5.41, 5.74) is 0. The third kappa shape index (κ3) is 3.74. The molecule has 3 rings (SSSR count).